The molecule has 0 aliphatic rings. The van der Waals surface area contributed by atoms with Gasteiger partial charge in [-0.2, -0.15) is 10.2 Å². The van der Waals surface area contributed by atoms with Crippen molar-refractivity contribution in [1.29, 1.82) is 0 Å². The topological polar surface area (TPSA) is 109 Å². The first-order chi connectivity index (χ1) is 22.6. The van der Waals surface area contributed by atoms with Crippen molar-refractivity contribution in [2.75, 3.05) is 0 Å². The Morgan fingerprint density at radius 1 is 0.820 bits per heavy atom. The number of aliphatic hydroxyl groups is 1. The number of aryl methyl sites for hydroxylation is 2. The van der Waals surface area contributed by atoms with Gasteiger partial charge in [-0.15, -0.1) is 0 Å². The van der Waals surface area contributed by atoms with Gasteiger partial charge in [0.1, 0.15) is 32.5 Å². The number of carbonyl (C=O) groups is 1. The molecule has 50 heavy (non-hydrogen) atoms. The molecule has 16 heteroatoms. The van der Waals surface area contributed by atoms with E-state index in [9.17, 15) is 18.7 Å². The first kappa shape index (κ1) is 43.1. The van der Waals surface area contributed by atoms with Crippen molar-refractivity contribution < 1.29 is 35.7 Å². The number of aldehydes is 1. The monoisotopic (exact) mass is 886 g/mol. The fraction of sp³-hybridized carbons (Fsp3) is 0.235. The molecule has 4 aromatic heterocycles. The predicted molar refractivity (Wildman–Crippen MR) is 193 cm³/mol. The molecule has 0 saturated carbocycles. The van der Waals surface area contributed by atoms with Crippen LogP contribution in [0.15, 0.2) is 82.8 Å². The molecule has 1 N–H and O–H groups in total. The number of carbonyl (C=O) groups excluding carboxylic acids is 1. The second-order valence-electron chi connectivity index (χ2n) is 10.6. The van der Waals surface area contributed by atoms with Crippen LogP contribution in [-0.2, 0) is 26.2 Å². The van der Waals surface area contributed by atoms with E-state index in [1.807, 2.05) is 50.9 Å². The van der Waals surface area contributed by atoms with Gasteiger partial charge in [-0.3, -0.25) is 14.2 Å². The van der Waals surface area contributed by atoms with Gasteiger partial charge in [-0.25, -0.2) is 18.7 Å². The average Bonchev–Trinajstić information content (AvgIpc) is 3.87. The van der Waals surface area contributed by atoms with Crippen LogP contribution in [0, 0.1) is 19.1 Å². The Kier molecular flexibility index (Phi) is 16.9. The maximum atomic E-state index is 13.5. The number of halogens is 5. The van der Waals surface area contributed by atoms with Gasteiger partial charge in [0.15, 0.2) is 6.29 Å². The Labute approximate surface area is 333 Å². The first-order valence-corrected chi connectivity index (χ1v) is 16.4. The van der Waals surface area contributed by atoms with Gasteiger partial charge >= 0.3 is 23.1 Å². The average molecular weight is 890 g/mol. The van der Waals surface area contributed by atoms with Crippen molar-refractivity contribution in [3.63, 3.8) is 0 Å². The fourth-order valence-electron chi connectivity index (χ4n) is 5.12. The maximum Gasteiger partial charge on any atom is 2.00 e. The van der Waals surface area contributed by atoms with Gasteiger partial charge in [0, 0.05) is 65.7 Å². The number of nitrogens with zero attached hydrogens (tertiary/aromatic N) is 8. The van der Waals surface area contributed by atoms with Crippen LogP contribution < -0.4 is 17.0 Å². The minimum absolute atomic E-state index is 0. The van der Waals surface area contributed by atoms with Crippen molar-refractivity contribution in [2.24, 2.45) is 0 Å². The summed E-state index contributed by atoms with van der Waals surface area (Å²) in [6, 6.07) is 8.50. The Morgan fingerprint density at radius 2 is 1.28 bits per heavy atom. The largest absolute Gasteiger partial charge is 2.00 e. The van der Waals surface area contributed by atoms with Crippen molar-refractivity contribution in [1.82, 2.24) is 38.7 Å². The molecule has 1 unspecified atom stereocenters. The molecule has 1 atom stereocenters. The zero-order chi connectivity index (χ0) is 33.7. The molecular weight excluding hydrogens is 854 g/mol. The summed E-state index contributed by atoms with van der Waals surface area (Å²) in [6.07, 6.45) is 10.5. The molecule has 6 aromatic rings. The first-order valence-electron chi connectivity index (χ1n) is 14.8. The van der Waals surface area contributed by atoms with Crippen LogP contribution >= 0.6 is 31.9 Å². The Morgan fingerprint density at radius 3 is 1.72 bits per heavy atom. The van der Waals surface area contributed by atoms with Crippen LogP contribution in [0.3, 0.4) is 0 Å². The second kappa shape index (κ2) is 19.5. The zero-order valence-electron chi connectivity index (χ0n) is 27.9. The van der Waals surface area contributed by atoms with Crippen LogP contribution in [0.2, 0.25) is 0 Å². The molecule has 10 nitrogen and oxygen atoms in total. The zero-order valence-corrected chi connectivity index (χ0v) is 34.1. The molecule has 0 aliphatic heterocycles. The summed E-state index contributed by atoms with van der Waals surface area (Å²) in [5.41, 5.74) is 4.14. The van der Waals surface area contributed by atoms with E-state index >= 15 is 0 Å². The smallest absolute Gasteiger partial charge is 1.00 e. The van der Waals surface area contributed by atoms with Crippen LogP contribution in [0.4, 0.5) is 8.78 Å². The molecule has 260 valence electrons. The number of benzene rings is 2. The third-order valence-electron chi connectivity index (χ3n) is 7.49. The molecular formula is C34H35Br3F2MgN8O2. The molecule has 2 aromatic carbocycles. The molecule has 6 rings (SSSR count). The number of rotatable bonds is 10. The second-order valence-corrected chi connectivity index (χ2v) is 12.1. The molecule has 0 fully saturated rings. The molecule has 4 heterocycles. The van der Waals surface area contributed by atoms with E-state index in [1.54, 1.807) is 37.6 Å². The standard InChI is InChI=1S/C17H18BrFN4O.C16H14BrFN4O.CH3.BrH.Mg/c1-3-23-16(18)12(9-21-23)10-22-7-6-20-17(22)14-5-4-13(19)8-15(14)11(2)24;1-2-22-15(17)12(8-20-22)9-21-6-5-19-16(21)14-4-3-13(18)7-11(14)10-23;;;/h4-9,11,24H,3,10H2,1-2H3;3-8,10H,2,9H2,1H3;1H3;1H;/q;;-1;;+2/p-1. The van der Waals surface area contributed by atoms with Gasteiger partial charge in [0.05, 0.1) is 31.6 Å². The quantitative estimate of drug-likeness (QED) is 0.125. The predicted octanol–water partition coefficient (Wildman–Crippen LogP) is 4.37. The number of hydrogen-bond donors (Lipinski definition) is 1. The maximum absolute atomic E-state index is 13.5. The molecule has 0 spiro atoms. The SMILES string of the molecule is CCn1ncc(Cn2ccnc2-c2ccc(F)cc2C(C)O)c1Br.CCn1ncc(Cn2ccnc2-c2ccc(F)cc2C=O)c1Br.[Br-].[CH3-].[Mg+2]. The van der Waals surface area contributed by atoms with Gasteiger partial charge in [-0.1, -0.05) is 0 Å². The Hall–Kier alpha value is -3.02. The molecule has 0 aliphatic carbocycles. The number of aliphatic hydroxyl groups excluding tert-OH is 1. The molecule has 0 saturated heterocycles. The van der Waals surface area contributed by atoms with Crippen LogP contribution in [0.5, 0.6) is 0 Å². The third kappa shape index (κ3) is 9.64. The number of imidazole rings is 2. The Bertz CT molecular complexity index is 2010. The van der Waals surface area contributed by atoms with E-state index in [-0.39, 0.29) is 58.8 Å². The molecule has 0 radical (unpaired) electrons. The van der Waals surface area contributed by atoms with E-state index in [4.69, 9.17) is 0 Å². The van der Waals surface area contributed by atoms with E-state index in [0.29, 0.717) is 42.2 Å². The van der Waals surface area contributed by atoms with Crippen LogP contribution in [0.25, 0.3) is 22.8 Å². The normalized spacial score (nSPS) is 11.0. The third-order valence-corrected chi connectivity index (χ3v) is 9.32. The minimum atomic E-state index is -0.782. The number of hydrogen-bond acceptors (Lipinski definition) is 6. The number of aromatic nitrogens is 8. The van der Waals surface area contributed by atoms with Crippen molar-refractivity contribution in [3.05, 3.63) is 124 Å². The minimum Gasteiger partial charge on any atom is -1.00 e. The van der Waals surface area contributed by atoms with Gasteiger partial charge < -0.3 is 38.6 Å². The summed E-state index contributed by atoms with van der Waals surface area (Å²) in [6.45, 7) is 8.33. The summed E-state index contributed by atoms with van der Waals surface area (Å²) >= 11 is 7.10. The fourth-order valence-corrected chi connectivity index (χ4v) is 6.26. The Balaban J connectivity index is 0.000000327. The summed E-state index contributed by atoms with van der Waals surface area (Å²) in [5.74, 6) is 0.478. The van der Waals surface area contributed by atoms with E-state index < -0.39 is 11.9 Å². The van der Waals surface area contributed by atoms with Crippen LogP contribution in [-0.4, -0.2) is 73.1 Å². The summed E-state index contributed by atoms with van der Waals surface area (Å²) in [7, 11) is 0. The molecule has 0 amide bonds. The van der Waals surface area contributed by atoms with Gasteiger partial charge in [0.2, 0.25) is 0 Å². The summed E-state index contributed by atoms with van der Waals surface area (Å²) < 4.78 is 36.3. The van der Waals surface area contributed by atoms with Gasteiger partial charge in [0.25, 0.3) is 0 Å². The summed E-state index contributed by atoms with van der Waals surface area (Å²) in [5, 5.41) is 18.6. The summed E-state index contributed by atoms with van der Waals surface area (Å²) in [4.78, 5) is 19.9. The molecule has 0 bridgehead atoms. The van der Waals surface area contributed by atoms with E-state index in [1.165, 1.54) is 24.3 Å². The van der Waals surface area contributed by atoms with E-state index in [0.717, 1.165) is 39.0 Å². The van der Waals surface area contributed by atoms with Crippen molar-refractivity contribution >= 4 is 61.2 Å². The van der Waals surface area contributed by atoms with Crippen LogP contribution in [0.1, 0.15) is 53.9 Å². The van der Waals surface area contributed by atoms with Crippen molar-refractivity contribution in [2.45, 2.75) is 53.1 Å². The van der Waals surface area contributed by atoms with Gasteiger partial charge in [-0.05, 0) is 94.6 Å². The van der Waals surface area contributed by atoms with E-state index in [2.05, 4.69) is 52.0 Å². The van der Waals surface area contributed by atoms with Crippen molar-refractivity contribution in [3.8, 4) is 22.8 Å².